The number of hydrogen-bond acceptors (Lipinski definition) is 5. The van der Waals surface area contributed by atoms with Crippen LogP contribution in [0.1, 0.15) is 30.8 Å². The summed E-state index contributed by atoms with van der Waals surface area (Å²) >= 11 is 7.39. The lowest BCUT2D eigenvalue weighted by Crippen LogP contribution is -2.27. The molecule has 0 N–H and O–H groups in total. The van der Waals surface area contributed by atoms with Crippen molar-refractivity contribution in [2.75, 3.05) is 12.8 Å². The molecule has 0 saturated carbocycles. The van der Waals surface area contributed by atoms with E-state index in [9.17, 15) is 4.79 Å². The number of halogens is 1. The average molecular weight is 431 g/mol. The number of rotatable bonds is 6. The van der Waals surface area contributed by atoms with E-state index >= 15 is 0 Å². The van der Waals surface area contributed by atoms with Crippen LogP contribution in [-0.2, 0) is 24.3 Å². The van der Waals surface area contributed by atoms with E-state index in [1.165, 1.54) is 18.2 Å². The minimum absolute atomic E-state index is 0.0328. The van der Waals surface area contributed by atoms with E-state index in [2.05, 4.69) is 14.8 Å². The minimum atomic E-state index is 0.0328. The van der Waals surface area contributed by atoms with Crippen LogP contribution >= 0.6 is 23.4 Å². The Hall–Kier alpha value is -2.25. The summed E-state index contributed by atoms with van der Waals surface area (Å²) in [5.41, 5.74) is 0.956. The molecule has 0 atom stereocenters. The zero-order valence-corrected chi connectivity index (χ0v) is 17.9. The quantitative estimate of drug-likeness (QED) is 0.532. The fraction of sp³-hybridized carbons (Fsp3) is 0.381. The van der Waals surface area contributed by atoms with Crippen molar-refractivity contribution in [2.45, 2.75) is 43.9 Å². The standard InChI is InChI=1S/C21H23ClN4O2S/c1-25(13-17-10-11-18(28-17)15-6-8-16(22)9-7-15)20(27)14-29-21-24-23-19-5-3-2-4-12-26(19)21/h6-11H,2-5,12-14H2,1H3. The minimum Gasteiger partial charge on any atom is -0.459 e. The fourth-order valence-corrected chi connectivity index (χ4v) is 4.41. The number of amides is 1. The van der Waals surface area contributed by atoms with E-state index in [4.69, 9.17) is 16.0 Å². The average Bonchev–Trinajstić information content (AvgIpc) is 3.27. The van der Waals surface area contributed by atoms with Crippen molar-refractivity contribution in [1.82, 2.24) is 19.7 Å². The first-order valence-corrected chi connectivity index (χ1v) is 11.1. The molecule has 1 aliphatic heterocycles. The van der Waals surface area contributed by atoms with Crippen molar-refractivity contribution in [3.63, 3.8) is 0 Å². The lowest BCUT2D eigenvalue weighted by molar-refractivity contribution is -0.127. The van der Waals surface area contributed by atoms with Gasteiger partial charge in [0, 0.05) is 30.6 Å². The number of aryl methyl sites for hydroxylation is 1. The van der Waals surface area contributed by atoms with Gasteiger partial charge in [-0.25, -0.2) is 0 Å². The zero-order chi connectivity index (χ0) is 20.2. The second kappa shape index (κ2) is 9.05. The van der Waals surface area contributed by atoms with Gasteiger partial charge in [-0.3, -0.25) is 4.79 Å². The van der Waals surface area contributed by atoms with Crippen LogP contribution in [0.4, 0.5) is 0 Å². The first-order chi connectivity index (χ1) is 14.1. The van der Waals surface area contributed by atoms with Crippen molar-refractivity contribution in [3.8, 4) is 11.3 Å². The van der Waals surface area contributed by atoms with Gasteiger partial charge in [0.25, 0.3) is 0 Å². The molecule has 4 rings (SSSR count). The summed E-state index contributed by atoms with van der Waals surface area (Å²) in [6.07, 6.45) is 4.48. The summed E-state index contributed by atoms with van der Waals surface area (Å²) in [4.78, 5) is 14.3. The first kappa shape index (κ1) is 20.0. The lowest BCUT2D eigenvalue weighted by Gasteiger charge is -2.15. The Morgan fingerprint density at radius 1 is 1.17 bits per heavy atom. The van der Waals surface area contributed by atoms with Crippen molar-refractivity contribution < 1.29 is 9.21 Å². The van der Waals surface area contributed by atoms with Gasteiger partial charge in [0.05, 0.1) is 12.3 Å². The first-order valence-electron chi connectivity index (χ1n) is 9.73. The third-order valence-electron chi connectivity index (χ3n) is 5.01. The molecule has 8 heteroatoms. The Labute approximate surface area is 179 Å². The molecule has 0 bridgehead atoms. The molecule has 0 fully saturated rings. The highest BCUT2D eigenvalue weighted by Gasteiger charge is 2.18. The van der Waals surface area contributed by atoms with Gasteiger partial charge in [0.1, 0.15) is 17.3 Å². The molecule has 0 radical (unpaired) electrons. The van der Waals surface area contributed by atoms with E-state index in [0.717, 1.165) is 53.9 Å². The maximum absolute atomic E-state index is 12.6. The molecule has 6 nitrogen and oxygen atoms in total. The summed E-state index contributed by atoms with van der Waals surface area (Å²) in [5, 5.41) is 10.1. The van der Waals surface area contributed by atoms with Crippen molar-refractivity contribution in [2.24, 2.45) is 0 Å². The van der Waals surface area contributed by atoms with E-state index in [1.807, 2.05) is 36.4 Å². The SMILES string of the molecule is CN(Cc1ccc(-c2ccc(Cl)cc2)o1)C(=O)CSc1nnc2n1CCCCC2. The smallest absolute Gasteiger partial charge is 0.233 e. The number of carbonyl (C=O) groups is 1. The maximum atomic E-state index is 12.6. The Kier molecular flexibility index (Phi) is 6.25. The molecule has 0 saturated heterocycles. The number of aromatic nitrogens is 3. The summed E-state index contributed by atoms with van der Waals surface area (Å²) in [6, 6.07) is 11.3. The van der Waals surface area contributed by atoms with Gasteiger partial charge >= 0.3 is 0 Å². The van der Waals surface area contributed by atoms with Crippen molar-refractivity contribution in [1.29, 1.82) is 0 Å². The van der Waals surface area contributed by atoms with E-state index < -0.39 is 0 Å². The number of fused-ring (bicyclic) bond motifs is 1. The van der Waals surface area contributed by atoms with Crippen LogP contribution in [0.5, 0.6) is 0 Å². The molecule has 152 valence electrons. The van der Waals surface area contributed by atoms with Gasteiger partial charge < -0.3 is 13.9 Å². The predicted octanol–water partition coefficient (Wildman–Crippen LogP) is 4.67. The Bertz CT molecular complexity index is 983. The second-order valence-electron chi connectivity index (χ2n) is 7.17. The molecule has 0 unspecified atom stereocenters. The Morgan fingerprint density at radius 3 is 2.83 bits per heavy atom. The van der Waals surface area contributed by atoms with Crippen LogP contribution in [0.2, 0.25) is 5.02 Å². The van der Waals surface area contributed by atoms with Crippen LogP contribution in [-0.4, -0.2) is 38.4 Å². The number of benzene rings is 1. The van der Waals surface area contributed by atoms with Crippen LogP contribution in [0, 0.1) is 0 Å². The molecule has 2 aromatic heterocycles. The summed E-state index contributed by atoms with van der Waals surface area (Å²) in [5.74, 6) is 2.91. The number of hydrogen-bond donors (Lipinski definition) is 0. The number of nitrogens with zero attached hydrogens (tertiary/aromatic N) is 4. The second-order valence-corrected chi connectivity index (χ2v) is 8.55. The lowest BCUT2D eigenvalue weighted by atomic mass is 10.2. The molecule has 3 aromatic rings. The van der Waals surface area contributed by atoms with Crippen LogP contribution in [0.15, 0.2) is 46.0 Å². The number of furan rings is 1. The highest BCUT2D eigenvalue weighted by atomic mass is 35.5. The molecule has 3 heterocycles. The number of thioether (sulfide) groups is 1. The summed E-state index contributed by atoms with van der Waals surface area (Å²) < 4.78 is 8.06. The normalized spacial score (nSPS) is 13.7. The van der Waals surface area contributed by atoms with Gasteiger partial charge in [-0.05, 0) is 49.2 Å². The van der Waals surface area contributed by atoms with E-state index in [0.29, 0.717) is 17.3 Å². The van der Waals surface area contributed by atoms with Gasteiger partial charge in [-0.2, -0.15) is 0 Å². The third-order valence-corrected chi connectivity index (χ3v) is 6.21. The summed E-state index contributed by atoms with van der Waals surface area (Å²) in [7, 11) is 1.79. The maximum Gasteiger partial charge on any atom is 0.233 e. The van der Waals surface area contributed by atoms with Crippen LogP contribution < -0.4 is 0 Å². The number of carbonyl (C=O) groups excluding carboxylic acids is 1. The van der Waals surface area contributed by atoms with Gasteiger partial charge in [-0.1, -0.05) is 29.8 Å². The molecule has 0 spiro atoms. The zero-order valence-electron chi connectivity index (χ0n) is 16.3. The molecule has 1 aliphatic rings. The van der Waals surface area contributed by atoms with Crippen LogP contribution in [0.3, 0.4) is 0 Å². The highest BCUT2D eigenvalue weighted by Crippen LogP contribution is 2.25. The topological polar surface area (TPSA) is 64.2 Å². The summed E-state index contributed by atoms with van der Waals surface area (Å²) in [6.45, 7) is 1.36. The molecule has 0 aliphatic carbocycles. The van der Waals surface area contributed by atoms with Crippen molar-refractivity contribution >= 4 is 29.3 Å². The van der Waals surface area contributed by atoms with Gasteiger partial charge in [-0.15, -0.1) is 10.2 Å². The molecule has 29 heavy (non-hydrogen) atoms. The molecular weight excluding hydrogens is 408 g/mol. The molecular formula is C21H23ClN4O2S. The molecule has 1 aromatic carbocycles. The van der Waals surface area contributed by atoms with Crippen LogP contribution in [0.25, 0.3) is 11.3 Å². The Balaban J connectivity index is 1.33. The van der Waals surface area contributed by atoms with E-state index in [-0.39, 0.29) is 5.91 Å². The van der Waals surface area contributed by atoms with E-state index in [1.54, 1.807) is 11.9 Å². The monoisotopic (exact) mass is 430 g/mol. The van der Waals surface area contributed by atoms with Gasteiger partial charge in [0.15, 0.2) is 5.16 Å². The predicted molar refractivity (Wildman–Crippen MR) is 114 cm³/mol. The van der Waals surface area contributed by atoms with Gasteiger partial charge in [0.2, 0.25) is 5.91 Å². The Morgan fingerprint density at radius 2 is 2.00 bits per heavy atom. The highest BCUT2D eigenvalue weighted by molar-refractivity contribution is 7.99. The molecule has 1 amide bonds. The van der Waals surface area contributed by atoms with Crippen molar-refractivity contribution in [3.05, 3.63) is 53.0 Å². The fourth-order valence-electron chi connectivity index (χ4n) is 3.36. The third kappa shape index (κ3) is 4.85. The largest absolute Gasteiger partial charge is 0.459 e.